The van der Waals surface area contributed by atoms with Crippen LogP contribution in [0.3, 0.4) is 0 Å². The SMILES string of the molecule is COc1ccccc1C(C)(C)CC(O)(CO)C(F)(F)F. The van der Waals surface area contributed by atoms with Crippen LogP contribution in [0.4, 0.5) is 13.2 Å². The van der Waals surface area contributed by atoms with E-state index in [-0.39, 0.29) is 0 Å². The molecular weight excluding hydrogens is 273 g/mol. The first-order valence-electron chi connectivity index (χ1n) is 6.11. The van der Waals surface area contributed by atoms with Crippen molar-refractivity contribution in [3.8, 4) is 5.75 Å². The zero-order valence-corrected chi connectivity index (χ0v) is 11.7. The largest absolute Gasteiger partial charge is 0.496 e. The van der Waals surface area contributed by atoms with Gasteiger partial charge in [-0.05, 0) is 23.5 Å². The Hall–Kier alpha value is -1.27. The van der Waals surface area contributed by atoms with Crippen molar-refractivity contribution in [3.05, 3.63) is 29.8 Å². The molecule has 0 aliphatic rings. The summed E-state index contributed by atoms with van der Waals surface area (Å²) >= 11 is 0. The van der Waals surface area contributed by atoms with Crippen LogP contribution in [0.25, 0.3) is 0 Å². The zero-order valence-electron chi connectivity index (χ0n) is 11.7. The molecule has 1 atom stereocenters. The summed E-state index contributed by atoms with van der Waals surface area (Å²) in [6.07, 6.45) is -5.57. The standard InChI is InChI=1S/C14H19F3O3/c1-12(2,8-13(19,9-18)14(15,16)17)10-6-4-5-7-11(10)20-3/h4-7,18-19H,8-9H2,1-3H3. The molecule has 0 heterocycles. The summed E-state index contributed by atoms with van der Waals surface area (Å²) in [5.41, 5.74) is -3.63. The van der Waals surface area contributed by atoms with Gasteiger partial charge in [-0.2, -0.15) is 13.2 Å². The number of methoxy groups -OCH3 is 1. The highest BCUT2D eigenvalue weighted by molar-refractivity contribution is 5.39. The Balaban J connectivity index is 3.17. The molecule has 0 amide bonds. The summed E-state index contributed by atoms with van der Waals surface area (Å²) in [6.45, 7) is 1.75. The predicted octanol–water partition coefficient (Wildman–Crippen LogP) is 2.65. The third-order valence-corrected chi connectivity index (χ3v) is 3.36. The Labute approximate surface area is 116 Å². The average Bonchev–Trinajstić information content (AvgIpc) is 2.36. The van der Waals surface area contributed by atoms with Gasteiger partial charge in [-0.25, -0.2) is 0 Å². The number of halogens is 3. The first-order valence-corrected chi connectivity index (χ1v) is 6.11. The highest BCUT2D eigenvalue weighted by atomic mass is 19.4. The maximum atomic E-state index is 12.9. The van der Waals surface area contributed by atoms with Crippen LogP contribution in [0.15, 0.2) is 24.3 Å². The van der Waals surface area contributed by atoms with Crippen molar-refractivity contribution in [2.45, 2.75) is 37.5 Å². The minimum atomic E-state index is -4.90. The molecule has 0 radical (unpaired) electrons. The predicted molar refractivity (Wildman–Crippen MR) is 68.7 cm³/mol. The molecule has 114 valence electrons. The van der Waals surface area contributed by atoms with Gasteiger partial charge in [-0.1, -0.05) is 32.0 Å². The van der Waals surface area contributed by atoms with Gasteiger partial charge in [0.25, 0.3) is 0 Å². The van der Waals surface area contributed by atoms with E-state index in [0.29, 0.717) is 11.3 Å². The van der Waals surface area contributed by atoms with Gasteiger partial charge in [0.05, 0.1) is 13.7 Å². The Bertz CT molecular complexity index is 457. The van der Waals surface area contributed by atoms with E-state index in [1.807, 2.05) is 0 Å². The van der Waals surface area contributed by atoms with Gasteiger partial charge in [0.2, 0.25) is 0 Å². The van der Waals surface area contributed by atoms with E-state index in [2.05, 4.69) is 0 Å². The van der Waals surface area contributed by atoms with E-state index in [1.165, 1.54) is 7.11 Å². The summed E-state index contributed by atoms with van der Waals surface area (Å²) < 4.78 is 43.8. The molecule has 0 fully saturated rings. The summed E-state index contributed by atoms with van der Waals surface area (Å²) in [4.78, 5) is 0. The number of benzene rings is 1. The quantitative estimate of drug-likeness (QED) is 0.877. The molecule has 6 heteroatoms. The Morgan fingerprint density at radius 1 is 1.15 bits per heavy atom. The van der Waals surface area contributed by atoms with Crippen molar-refractivity contribution in [1.29, 1.82) is 0 Å². The molecule has 3 nitrogen and oxygen atoms in total. The molecule has 0 aromatic heterocycles. The molecule has 2 N–H and O–H groups in total. The van der Waals surface area contributed by atoms with Crippen LogP contribution in [0, 0.1) is 0 Å². The van der Waals surface area contributed by atoms with Crippen LogP contribution < -0.4 is 4.74 Å². The fourth-order valence-corrected chi connectivity index (χ4v) is 2.28. The van der Waals surface area contributed by atoms with Gasteiger partial charge in [0.1, 0.15) is 5.75 Å². The number of para-hydroxylation sites is 1. The highest BCUT2D eigenvalue weighted by Gasteiger charge is 2.55. The maximum absolute atomic E-state index is 12.9. The molecule has 0 aliphatic carbocycles. The number of hydrogen-bond acceptors (Lipinski definition) is 3. The van der Waals surface area contributed by atoms with Crippen LogP contribution in [0.5, 0.6) is 5.75 Å². The third-order valence-electron chi connectivity index (χ3n) is 3.36. The van der Waals surface area contributed by atoms with E-state index in [9.17, 15) is 18.3 Å². The van der Waals surface area contributed by atoms with Gasteiger partial charge >= 0.3 is 6.18 Å². The van der Waals surface area contributed by atoms with Crippen molar-refractivity contribution in [3.63, 3.8) is 0 Å². The second-order valence-electron chi connectivity index (χ2n) is 5.45. The molecule has 0 bridgehead atoms. The van der Waals surface area contributed by atoms with Crippen molar-refractivity contribution in [1.82, 2.24) is 0 Å². The molecule has 0 saturated carbocycles. The molecule has 0 saturated heterocycles. The first kappa shape index (κ1) is 16.8. The Morgan fingerprint density at radius 3 is 2.15 bits per heavy atom. The number of hydrogen-bond donors (Lipinski definition) is 2. The number of alkyl halides is 3. The van der Waals surface area contributed by atoms with Crippen LogP contribution >= 0.6 is 0 Å². The van der Waals surface area contributed by atoms with Crippen molar-refractivity contribution < 1.29 is 28.1 Å². The highest BCUT2D eigenvalue weighted by Crippen LogP contribution is 2.43. The molecule has 0 spiro atoms. The fourth-order valence-electron chi connectivity index (χ4n) is 2.28. The average molecular weight is 292 g/mol. The van der Waals surface area contributed by atoms with Crippen LogP contribution in [0.1, 0.15) is 25.8 Å². The maximum Gasteiger partial charge on any atom is 0.419 e. The second-order valence-corrected chi connectivity index (χ2v) is 5.45. The van der Waals surface area contributed by atoms with Crippen molar-refractivity contribution in [2.24, 2.45) is 0 Å². The minimum absolute atomic E-state index is 0.444. The summed E-state index contributed by atoms with van der Waals surface area (Å²) in [6, 6.07) is 6.68. The summed E-state index contributed by atoms with van der Waals surface area (Å²) in [5.74, 6) is 0.444. The molecule has 1 rings (SSSR count). The molecular formula is C14H19F3O3. The van der Waals surface area contributed by atoms with E-state index >= 15 is 0 Å². The van der Waals surface area contributed by atoms with Crippen molar-refractivity contribution >= 4 is 0 Å². The minimum Gasteiger partial charge on any atom is -0.496 e. The van der Waals surface area contributed by atoms with Crippen LogP contribution in [-0.4, -0.2) is 35.7 Å². The summed E-state index contributed by atoms with van der Waals surface area (Å²) in [7, 11) is 1.43. The van der Waals surface area contributed by atoms with Gasteiger partial charge < -0.3 is 14.9 Å². The number of aliphatic hydroxyl groups excluding tert-OH is 1. The zero-order chi connectivity index (χ0) is 15.6. The van der Waals surface area contributed by atoms with Gasteiger partial charge in [0.15, 0.2) is 5.60 Å². The lowest BCUT2D eigenvalue weighted by atomic mass is 9.74. The Morgan fingerprint density at radius 2 is 1.70 bits per heavy atom. The lowest BCUT2D eigenvalue weighted by Crippen LogP contribution is -2.52. The van der Waals surface area contributed by atoms with E-state index < -0.39 is 30.2 Å². The molecule has 20 heavy (non-hydrogen) atoms. The van der Waals surface area contributed by atoms with Gasteiger partial charge in [-0.15, -0.1) is 0 Å². The Kier molecular flexibility index (Phi) is 4.71. The lowest BCUT2D eigenvalue weighted by Gasteiger charge is -2.37. The monoisotopic (exact) mass is 292 g/mol. The molecule has 1 aromatic carbocycles. The topological polar surface area (TPSA) is 49.7 Å². The molecule has 1 aromatic rings. The molecule has 1 unspecified atom stereocenters. The molecule has 0 aliphatic heterocycles. The van der Waals surface area contributed by atoms with Gasteiger partial charge in [0, 0.05) is 0 Å². The second kappa shape index (κ2) is 5.61. The smallest absolute Gasteiger partial charge is 0.419 e. The number of ether oxygens (including phenoxy) is 1. The number of aliphatic hydroxyl groups is 2. The third kappa shape index (κ3) is 3.24. The first-order chi connectivity index (χ1) is 9.07. The lowest BCUT2D eigenvalue weighted by molar-refractivity contribution is -0.277. The van der Waals surface area contributed by atoms with Crippen molar-refractivity contribution in [2.75, 3.05) is 13.7 Å². The number of rotatable bonds is 5. The van der Waals surface area contributed by atoms with Gasteiger partial charge in [-0.3, -0.25) is 0 Å². The van der Waals surface area contributed by atoms with E-state index in [4.69, 9.17) is 9.84 Å². The normalized spacial score (nSPS) is 15.8. The summed E-state index contributed by atoms with van der Waals surface area (Å²) in [5, 5.41) is 18.7. The van der Waals surface area contributed by atoms with E-state index in [1.54, 1.807) is 38.1 Å². The van der Waals surface area contributed by atoms with E-state index in [0.717, 1.165) is 0 Å². The van der Waals surface area contributed by atoms with Crippen LogP contribution in [0.2, 0.25) is 0 Å². The fraction of sp³-hybridized carbons (Fsp3) is 0.571. The van der Waals surface area contributed by atoms with Crippen LogP contribution in [-0.2, 0) is 5.41 Å².